The highest BCUT2D eigenvalue weighted by molar-refractivity contribution is 7.87. The number of hydrogen-bond acceptors (Lipinski definition) is 3. The first-order valence-electron chi connectivity index (χ1n) is 3.90. The van der Waals surface area contributed by atoms with E-state index in [9.17, 15) is 13.5 Å². The van der Waals surface area contributed by atoms with Gasteiger partial charge >= 0.3 is 0 Å². The zero-order valence-electron chi connectivity index (χ0n) is 7.24. The predicted octanol–water partition coefficient (Wildman–Crippen LogP) is 0.773. The van der Waals surface area contributed by atoms with E-state index in [0.29, 0.717) is 12.8 Å². The minimum absolute atomic E-state index is 0.124. The molecule has 2 N–H and O–H groups in total. The molecule has 5 heteroatoms. The van der Waals surface area contributed by atoms with Crippen molar-refractivity contribution < 1.29 is 18.1 Å². The lowest BCUT2D eigenvalue weighted by Gasteiger charge is -2.33. The molecule has 72 valence electrons. The molecule has 0 radical (unpaired) electrons. The average molecular weight is 194 g/mol. The van der Waals surface area contributed by atoms with Crippen LogP contribution in [0.15, 0.2) is 0 Å². The molecule has 1 aliphatic rings. The summed E-state index contributed by atoms with van der Waals surface area (Å²) in [6.45, 7) is 3.29. The molecule has 1 fully saturated rings. The Kier molecular flexibility index (Phi) is 2.02. The first-order chi connectivity index (χ1) is 5.21. The summed E-state index contributed by atoms with van der Waals surface area (Å²) in [6, 6.07) is 0. The van der Waals surface area contributed by atoms with E-state index >= 15 is 0 Å². The molecule has 1 atom stereocenters. The summed E-state index contributed by atoms with van der Waals surface area (Å²) in [6.07, 6.45) is 1.37. The highest BCUT2D eigenvalue weighted by Gasteiger charge is 2.56. The molecule has 12 heavy (non-hydrogen) atoms. The van der Waals surface area contributed by atoms with E-state index in [4.69, 9.17) is 4.55 Å². The lowest BCUT2D eigenvalue weighted by molar-refractivity contribution is 0.0265. The van der Waals surface area contributed by atoms with Crippen LogP contribution in [0.2, 0.25) is 0 Å². The molecule has 1 aliphatic carbocycles. The Morgan fingerprint density at radius 2 is 1.75 bits per heavy atom. The Morgan fingerprint density at radius 1 is 1.25 bits per heavy atom. The smallest absolute Gasteiger partial charge is 0.295 e. The van der Waals surface area contributed by atoms with Gasteiger partial charge in [0.2, 0.25) is 0 Å². The van der Waals surface area contributed by atoms with E-state index in [2.05, 4.69) is 0 Å². The molecule has 0 aliphatic heterocycles. The molecule has 0 aromatic heterocycles. The van der Waals surface area contributed by atoms with Gasteiger partial charge in [-0.25, -0.2) is 0 Å². The molecule has 0 bridgehead atoms. The molecule has 0 aromatic carbocycles. The van der Waals surface area contributed by atoms with Gasteiger partial charge < -0.3 is 5.11 Å². The monoisotopic (exact) mass is 194 g/mol. The molecule has 0 aromatic rings. The van der Waals surface area contributed by atoms with Gasteiger partial charge in [0.25, 0.3) is 10.1 Å². The Labute approximate surface area is 72.3 Å². The second-order valence-electron chi connectivity index (χ2n) is 4.00. The van der Waals surface area contributed by atoms with Crippen molar-refractivity contribution in [3.8, 4) is 0 Å². The van der Waals surface area contributed by atoms with Crippen molar-refractivity contribution in [3.63, 3.8) is 0 Å². The highest BCUT2D eigenvalue weighted by Crippen LogP contribution is 2.48. The van der Waals surface area contributed by atoms with Gasteiger partial charge in [-0.1, -0.05) is 13.8 Å². The van der Waals surface area contributed by atoms with Crippen LogP contribution in [0.1, 0.15) is 33.1 Å². The minimum atomic E-state index is -4.35. The van der Waals surface area contributed by atoms with Crippen LogP contribution in [0, 0.1) is 5.41 Å². The van der Waals surface area contributed by atoms with Gasteiger partial charge in [0.15, 0.2) is 4.93 Å². The average Bonchev–Trinajstić information content (AvgIpc) is 2.07. The van der Waals surface area contributed by atoms with Crippen LogP contribution < -0.4 is 0 Å². The molecule has 1 unspecified atom stereocenters. The van der Waals surface area contributed by atoms with E-state index in [-0.39, 0.29) is 6.42 Å². The quantitative estimate of drug-likeness (QED) is 0.605. The summed E-state index contributed by atoms with van der Waals surface area (Å²) in [5.74, 6) is 0. The number of hydrogen-bond donors (Lipinski definition) is 2. The Morgan fingerprint density at radius 3 is 1.92 bits per heavy atom. The van der Waals surface area contributed by atoms with E-state index < -0.39 is 20.5 Å². The Bertz CT molecular complexity index is 280. The van der Waals surface area contributed by atoms with Crippen LogP contribution in [0.3, 0.4) is 0 Å². The second-order valence-corrected chi connectivity index (χ2v) is 5.62. The van der Waals surface area contributed by atoms with Crippen molar-refractivity contribution in [1.29, 1.82) is 0 Å². The lowest BCUT2D eigenvalue weighted by Crippen LogP contribution is -2.46. The zero-order chi connectivity index (χ0) is 9.62. The molecular formula is C7H14O4S. The normalized spacial score (nSPS) is 35.3. The van der Waals surface area contributed by atoms with Gasteiger partial charge in [-0.2, -0.15) is 8.42 Å². The fraction of sp³-hybridized carbons (Fsp3) is 1.00. The maximum absolute atomic E-state index is 10.9. The molecule has 1 rings (SSSR count). The van der Waals surface area contributed by atoms with E-state index in [1.807, 2.05) is 0 Å². The second kappa shape index (κ2) is 2.43. The summed E-state index contributed by atoms with van der Waals surface area (Å²) in [4.78, 5) is -1.94. The molecule has 0 heterocycles. The fourth-order valence-electron chi connectivity index (χ4n) is 1.78. The first-order valence-corrected chi connectivity index (χ1v) is 5.34. The zero-order valence-corrected chi connectivity index (χ0v) is 8.06. The minimum Gasteiger partial charge on any atom is -0.372 e. The first kappa shape index (κ1) is 9.95. The van der Waals surface area contributed by atoms with E-state index in [1.54, 1.807) is 13.8 Å². The summed E-state index contributed by atoms with van der Waals surface area (Å²) in [5, 5.41) is 9.72. The topological polar surface area (TPSA) is 74.6 Å². The van der Waals surface area contributed by atoms with Crippen LogP contribution in [0.4, 0.5) is 0 Å². The van der Waals surface area contributed by atoms with Gasteiger partial charge in [-0.05, 0) is 19.3 Å². The molecule has 0 amide bonds. The van der Waals surface area contributed by atoms with Crippen LogP contribution in [-0.2, 0) is 10.1 Å². The predicted molar refractivity (Wildman–Crippen MR) is 44.1 cm³/mol. The molecule has 1 saturated carbocycles. The van der Waals surface area contributed by atoms with Gasteiger partial charge in [-0.3, -0.25) is 4.55 Å². The fourth-order valence-corrected chi connectivity index (χ4v) is 2.98. The largest absolute Gasteiger partial charge is 0.372 e. The summed E-state index contributed by atoms with van der Waals surface area (Å²) in [7, 11) is -4.35. The maximum atomic E-state index is 10.9. The molecule has 0 spiro atoms. The Balaban J connectivity index is 3.16. The van der Waals surface area contributed by atoms with Crippen LogP contribution in [-0.4, -0.2) is 23.0 Å². The number of rotatable bonds is 1. The van der Waals surface area contributed by atoms with Gasteiger partial charge in [-0.15, -0.1) is 0 Å². The van der Waals surface area contributed by atoms with E-state index in [1.165, 1.54) is 0 Å². The highest BCUT2D eigenvalue weighted by atomic mass is 32.2. The standard InChI is InChI=1S/C7H14O4S/c1-6(2)4-3-5-7(6,8)12(9,10)11/h8H,3-5H2,1-2H3,(H,9,10,11). The summed E-state index contributed by atoms with van der Waals surface area (Å²) < 4.78 is 30.6. The van der Waals surface area contributed by atoms with Crippen LogP contribution in [0.25, 0.3) is 0 Å². The van der Waals surface area contributed by atoms with Gasteiger partial charge in [0.1, 0.15) is 0 Å². The molecule has 4 nitrogen and oxygen atoms in total. The molecular weight excluding hydrogens is 180 g/mol. The van der Waals surface area contributed by atoms with Crippen molar-refractivity contribution in [2.75, 3.05) is 0 Å². The maximum Gasteiger partial charge on any atom is 0.295 e. The third kappa shape index (κ3) is 1.16. The van der Waals surface area contributed by atoms with Crippen molar-refractivity contribution in [1.82, 2.24) is 0 Å². The number of aliphatic hydroxyl groups is 1. The third-order valence-corrected chi connectivity index (χ3v) is 4.41. The van der Waals surface area contributed by atoms with Crippen molar-refractivity contribution in [2.24, 2.45) is 5.41 Å². The summed E-state index contributed by atoms with van der Waals surface area (Å²) >= 11 is 0. The SMILES string of the molecule is CC1(C)CCCC1(O)S(=O)(=O)O. The van der Waals surface area contributed by atoms with Gasteiger partial charge in [0, 0.05) is 5.41 Å². The van der Waals surface area contributed by atoms with Crippen molar-refractivity contribution in [2.45, 2.75) is 38.0 Å². The van der Waals surface area contributed by atoms with E-state index in [0.717, 1.165) is 0 Å². The van der Waals surface area contributed by atoms with Crippen LogP contribution in [0.5, 0.6) is 0 Å². The summed E-state index contributed by atoms with van der Waals surface area (Å²) in [5.41, 5.74) is -0.749. The molecule has 0 saturated heterocycles. The van der Waals surface area contributed by atoms with Crippen molar-refractivity contribution in [3.05, 3.63) is 0 Å². The Hall–Kier alpha value is -0.130. The van der Waals surface area contributed by atoms with Crippen LogP contribution >= 0.6 is 0 Å². The van der Waals surface area contributed by atoms with Gasteiger partial charge in [0.05, 0.1) is 0 Å². The van der Waals surface area contributed by atoms with Crippen molar-refractivity contribution >= 4 is 10.1 Å². The third-order valence-electron chi connectivity index (χ3n) is 2.80. The lowest BCUT2D eigenvalue weighted by atomic mass is 9.89.